The molecule has 0 aromatic heterocycles. The number of β-amino-alcohol motifs (C(OH)–C–C–N with tert-alkyl or cyclic N) is 1. The van der Waals surface area contributed by atoms with Gasteiger partial charge in [-0.15, -0.1) is 0 Å². The standard InChI is InChI=1S/C15H26N2O4/c1-10(2)12(16-14(20)21-15(3,4)5)13(19)17-8-6-7-11(18)9-17/h6-7,10-12,18H,8-9H2,1-5H3,(H,16,20). The average molecular weight is 298 g/mol. The van der Waals surface area contributed by atoms with Crippen LogP contribution in [0.2, 0.25) is 0 Å². The number of aliphatic hydroxyl groups is 1. The van der Waals surface area contributed by atoms with Crippen LogP contribution in [0.3, 0.4) is 0 Å². The van der Waals surface area contributed by atoms with Gasteiger partial charge in [0.1, 0.15) is 11.6 Å². The van der Waals surface area contributed by atoms with E-state index in [4.69, 9.17) is 4.74 Å². The molecule has 0 radical (unpaired) electrons. The molecule has 1 rings (SSSR count). The largest absolute Gasteiger partial charge is 0.444 e. The van der Waals surface area contributed by atoms with Crippen molar-refractivity contribution in [2.75, 3.05) is 13.1 Å². The van der Waals surface area contributed by atoms with Crippen LogP contribution >= 0.6 is 0 Å². The van der Waals surface area contributed by atoms with E-state index in [0.29, 0.717) is 6.54 Å². The zero-order valence-electron chi connectivity index (χ0n) is 13.4. The molecule has 1 heterocycles. The Morgan fingerprint density at radius 3 is 2.48 bits per heavy atom. The van der Waals surface area contributed by atoms with Crippen LogP contribution in [-0.2, 0) is 9.53 Å². The van der Waals surface area contributed by atoms with Gasteiger partial charge in [0.25, 0.3) is 0 Å². The van der Waals surface area contributed by atoms with Crippen LogP contribution < -0.4 is 5.32 Å². The maximum absolute atomic E-state index is 12.5. The first-order valence-corrected chi connectivity index (χ1v) is 7.23. The van der Waals surface area contributed by atoms with Crippen LogP contribution in [0.1, 0.15) is 34.6 Å². The van der Waals surface area contributed by atoms with Crippen LogP contribution in [0.5, 0.6) is 0 Å². The first-order valence-electron chi connectivity index (χ1n) is 7.23. The first-order chi connectivity index (χ1) is 9.60. The fourth-order valence-electron chi connectivity index (χ4n) is 2.03. The van der Waals surface area contributed by atoms with Gasteiger partial charge in [0.2, 0.25) is 5.91 Å². The summed E-state index contributed by atoms with van der Waals surface area (Å²) in [4.78, 5) is 25.9. The van der Waals surface area contributed by atoms with Gasteiger partial charge < -0.3 is 20.1 Å². The lowest BCUT2D eigenvalue weighted by Gasteiger charge is -2.32. The summed E-state index contributed by atoms with van der Waals surface area (Å²) in [5, 5.41) is 12.2. The number of hydrogen-bond donors (Lipinski definition) is 2. The van der Waals surface area contributed by atoms with Crippen molar-refractivity contribution in [3.63, 3.8) is 0 Å². The molecule has 0 saturated heterocycles. The van der Waals surface area contributed by atoms with E-state index in [1.54, 1.807) is 32.9 Å². The third-order valence-electron chi connectivity index (χ3n) is 3.01. The Hall–Kier alpha value is -1.56. The summed E-state index contributed by atoms with van der Waals surface area (Å²) < 4.78 is 5.19. The Morgan fingerprint density at radius 2 is 2.00 bits per heavy atom. The van der Waals surface area contributed by atoms with Gasteiger partial charge in [0, 0.05) is 6.54 Å². The second-order valence-electron chi connectivity index (χ2n) is 6.61. The number of ether oxygens (including phenoxy) is 1. The zero-order chi connectivity index (χ0) is 16.2. The minimum absolute atomic E-state index is 0.0759. The monoisotopic (exact) mass is 298 g/mol. The van der Waals surface area contributed by atoms with Crippen molar-refractivity contribution < 1.29 is 19.4 Å². The molecule has 1 aliphatic rings. The summed E-state index contributed by atoms with van der Waals surface area (Å²) in [7, 11) is 0. The maximum Gasteiger partial charge on any atom is 0.408 e. The number of alkyl carbamates (subject to hydrolysis) is 1. The van der Waals surface area contributed by atoms with Crippen LogP contribution in [0.4, 0.5) is 4.79 Å². The lowest BCUT2D eigenvalue weighted by molar-refractivity contribution is -0.135. The highest BCUT2D eigenvalue weighted by molar-refractivity contribution is 5.86. The van der Waals surface area contributed by atoms with E-state index in [9.17, 15) is 14.7 Å². The predicted molar refractivity (Wildman–Crippen MR) is 79.7 cm³/mol. The van der Waals surface area contributed by atoms with Crippen LogP contribution in [-0.4, -0.2) is 52.8 Å². The molecule has 21 heavy (non-hydrogen) atoms. The van der Waals surface area contributed by atoms with Gasteiger partial charge in [-0.25, -0.2) is 4.79 Å². The van der Waals surface area contributed by atoms with Crippen molar-refractivity contribution in [2.24, 2.45) is 5.92 Å². The van der Waals surface area contributed by atoms with Crippen molar-refractivity contribution in [1.82, 2.24) is 10.2 Å². The van der Waals surface area contributed by atoms with E-state index in [2.05, 4.69) is 5.32 Å². The summed E-state index contributed by atoms with van der Waals surface area (Å²) in [6, 6.07) is -0.668. The van der Waals surface area contributed by atoms with Gasteiger partial charge in [0.05, 0.1) is 12.6 Å². The Labute approximate surface area is 126 Å². The van der Waals surface area contributed by atoms with Crippen LogP contribution in [0, 0.1) is 5.92 Å². The number of amides is 2. The van der Waals surface area contributed by atoms with E-state index in [-0.39, 0.29) is 18.4 Å². The van der Waals surface area contributed by atoms with E-state index >= 15 is 0 Å². The molecular formula is C15H26N2O4. The Balaban J connectivity index is 2.71. The second kappa shape index (κ2) is 6.93. The van der Waals surface area contributed by atoms with Crippen molar-refractivity contribution in [1.29, 1.82) is 0 Å². The Bertz CT molecular complexity index is 412. The van der Waals surface area contributed by atoms with Gasteiger partial charge in [0.15, 0.2) is 0 Å². The highest BCUT2D eigenvalue weighted by Gasteiger charge is 2.31. The molecule has 0 saturated carbocycles. The van der Waals surface area contributed by atoms with E-state index < -0.39 is 23.8 Å². The quantitative estimate of drug-likeness (QED) is 0.770. The smallest absolute Gasteiger partial charge is 0.408 e. The molecule has 6 nitrogen and oxygen atoms in total. The molecule has 0 aromatic carbocycles. The molecule has 1 aliphatic heterocycles. The van der Waals surface area contributed by atoms with Gasteiger partial charge in [-0.3, -0.25) is 4.79 Å². The third-order valence-corrected chi connectivity index (χ3v) is 3.01. The van der Waals surface area contributed by atoms with Crippen molar-refractivity contribution in [3.8, 4) is 0 Å². The van der Waals surface area contributed by atoms with Crippen LogP contribution in [0.25, 0.3) is 0 Å². The topological polar surface area (TPSA) is 78.9 Å². The summed E-state index contributed by atoms with van der Waals surface area (Å²) in [6.45, 7) is 9.70. The Morgan fingerprint density at radius 1 is 1.38 bits per heavy atom. The number of nitrogens with zero attached hydrogens (tertiary/aromatic N) is 1. The normalized spacial score (nSPS) is 20.3. The van der Waals surface area contributed by atoms with Gasteiger partial charge in [-0.1, -0.05) is 26.0 Å². The van der Waals surface area contributed by atoms with Crippen molar-refractivity contribution >= 4 is 12.0 Å². The number of rotatable bonds is 3. The lowest BCUT2D eigenvalue weighted by Crippen LogP contribution is -2.54. The fraction of sp³-hybridized carbons (Fsp3) is 0.733. The molecule has 2 unspecified atom stereocenters. The third kappa shape index (κ3) is 5.75. The molecule has 0 bridgehead atoms. The van der Waals surface area contributed by atoms with E-state index in [1.807, 2.05) is 13.8 Å². The molecule has 2 atom stereocenters. The number of aliphatic hydroxyl groups excluding tert-OH is 1. The number of hydrogen-bond acceptors (Lipinski definition) is 4. The van der Waals surface area contributed by atoms with Crippen molar-refractivity contribution in [3.05, 3.63) is 12.2 Å². The molecule has 0 spiro atoms. The molecular weight excluding hydrogens is 272 g/mol. The zero-order valence-corrected chi connectivity index (χ0v) is 13.4. The molecule has 2 N–H and O–H groups in total. The highest BCUT2D eigenvalue weighted by Crippen LogP contribution is 2.12. The number of nitrogens with one attached hydrogen (secondary N) is 1. The molecule has 2 amide bonds. The maximum atomic E-state index is 12.5. The summed E-state index contributed by atoms with van der Waals surface area (Å²) in [5.41, 5.74) is -0.612. The number of carbonyl (C=O) groups excluding carboxylic acids is 2. The average Bonchev–Trinajstić information content (AvgIpc) is 2.32. The molecule has 0 fully saturated rings. The number of carbonyl (C=O) groups is 2. The van der Waals surface area contributed by atoms with Crippen molar-refractivity contribution in [2.45, 2.75) is 52.4 Å². The van der Waals surface area contributed by atoms with Gasteiger partial charge in [-0.2, -0.15) is 0 Å². The van der Waals surface area contributed by atoms with Gasteiger partial charge in [-0.05, 0) is 26.7 Å². The summed E-state index contributed by atoms with van der Waals surface area (Å²) >= 11 is 0. The molecule has 6 heteroatoms. The lowest BCUT2D eigenvalue weighted by atomic mass is 10.0. The second-order valence-corrected chi connectivity index (χ2v) is 6.61. The Kier molecular flexibility index (Phi) is 5.78. The molecule has 0 aliphatic carbocycles. The van der Waals surface area contributed by atoms with E-state index in [0.717, 1.165) is 0 Å². The molecule has 120 valence electrons. The van der Waals surface area contributed by atoms with Gasteiger partial charge >= 0.3 is 6.09 Å². The molecule has 0 aromatic rings. The van der Waals surface area contributed by atoms with Crippen LogP contribution in [0.15, 0.2) is 12.2 Å². The fourth-order valence-corrected chi connectivity index (χ4v) is 2.03. The minimum Gasteiger partial charge on any atom is -0.444 e. The summed E-state index contributed by atoms with van der Waals surface area (Å²) in [5.74, 6) is -0.285. The SMILES string of the molecule is CC(C)C(NC(=O)OC(C)(C)C)C(=O)N1CC=CC(O)C1. The van der Waals surface area contributed by atoms with E-state index in [1.165, 1.54) is 4.90 Å². The predicted octanol–water partition coefficient (Wildman–Crippen LogP) is 1.29. The minimum atomic E-state index is -0.668. The highest BCUT2D eigenvalue weighted by atomic mass is 16.6. The first kappa shape index (κ1) is 17.5. The summed E-state index contributed by atoms with van der Waals surface area (Å²) in [6.07, 6.45) is 2.14.